The van der Waals surface area contributed by atoms with Crippen molar-refractivity contribution < 1.29 is 29.0 Å². The number of hydrogen-bond acceptors (Lipinski definition) is 6. The van der Waals surface area contributed by atoms with Gasteiger partial charge in [0.2, 0.25) is 11.8 Å². The molecule has 1 aromatic heterocycles. The first-order valence-electron chi connectivity index (χ1n) is 12.3. The van der Waals surface area contributed by atoms with Gasteiger partial charge in [-0.15, -0.1) is 0 Å². The normalized spacial score (nSPS) is 25.2. The van der Waals surface area contributed by atoms with E-state index in [9.17, 15) is 19.5 Å². The van der Waals surface area contributed by atoms with Crippen LogP contribution < -0.4 is 14.8 Å². The molecule has 0 saturated carbocycles. The predicted molar refractivity (Wildman–Crippen MR) is 144 cm³/mol. The van der Waals surface area contributed by atoms with E-state index in [0.29, 0.717) is 21.5 Å². The highest BCUT2D eigenvalue weighted by molar-refractivity contribution is 9.10. The van der Waals surface area contributed by atoms with Gasteiger partial charge >= 0.3 is 5.97 Å². The number of aliphatic carboxylic acids is 1. The van der Waals surface area contributed by atoms with E-state index in [-0.39, 0.29) is 6.42 Å². The molecule has 200 valence electrons. The molecular weight excluding hydrogens is 554 g/mol. The number of carbonyl (C=O) groups is 3. The lowest BCUT2D eigenvalue weighted by molar-refractivity contribution is -0.153. The Morgan fingerprint density at radius 3 is 2.47 bits per heavy atom. The minimum absolute atomic E-state index is 0.00940. The first-order chi connectivity index (χ1) is 17.9. The first kappa shape index (κ1) is 26.2. The van der Waals surface area contributed by atoms with Crippen LogP contribution in [0.4, 0.5) is 0 Å². The van der Waals surface area contributed by atoms with Crippen LogP contribution in [0.3, 0.4) is 0 Å². The third-order valence-electron chi connectivity index (χ3n) is 7.67. The second-order valence-electron chi connectivity index (χ2n) is 10.9. The molecule has 2 amide bonds. The molecule has 38 heavy (non-hydrogen) atoms. The Morgan fingerprint density at radius 1 is 1.13 bits per heavy atom. The number of hydrogen-bond donors (Lipinski definition) is 3. The molecule has 0 aliphatic carbocycles. The third-order valence-corrected chi connectivity index (χ3v) is 8.25. The maximum atomic E-state index is 14.0. The summed E-state index contributed by atoms with van der Waals surface area (Å²) in [7, 11) is 3.02. The van der Waals surface area contributed by atoms with Crippen molar-refractivity contribution in [1.29, 1.82) is 0 Å². The molecule has 2 fully saturated rings. The summed E-state index contributed by atoms with van der Waals surface area (Å²) in [5.74, 6) is -3.20. The van der Waals surface area contributed by atoms with Crippen molar-refractivity contribution in [3.63, 3.8) is 0 Å². The molecule has 4 unspecified atom stereocenters. The van der Waals surface area contributed by atoms with Crippen molar-refractivity contribution in [2.24, 2.45) is 11.8 Å². The van der Waals surface area contributed by atoms with Gasteiger partial charge in [0.05, 0.1) is 30.5 Å². The number of nitrogens with zero attached hydrogens (tertiary/aromatic N) is 1. The zero-order chi connectivity index (χ0) is 27.6. The number of carbonyl (C=O) groups excluding carboxylic acids is 2. The van der Waals surface area contributed by atoms with Gasteiger partial charge in [-0.3, -0.25) is 24.6 Å². The Bertz CT molecular complexity index is 1460. The number of likely N-dealkylation sites (tertiary alicyclic amines) is 1. The number of para-hydroxylation sites is 1. The van der Waals surface area contributed by atoms with E-state index in [1.165, 1.54) is 19.1 Å². The number of carboxylic acid groups (broad SMARTS) is 1. The summed E-state index contributed by atoms with van der Waals surface area (Å²) >= 11 is 3.51. The largest absolute Gasteiger partial charge is 0.493 e. The number of fused-ring (bicyclic) bond motifs is 2. The van der Waals surface area contributed by atoms with Crippen LogP contribution in [0.1, 0.15) is 37.9 Å². The molecule has 4 atom stereocenters. The Kier molecular flexibility index (Phi) is 6.30. The molecule has 10 heteroatoms. The zero-order valence-electron chi connectivity index (χ0n) is 21.8. The summed E-state index contributed by atoms with van der Waals surface area (Å²) in [6.45, 7) is 5.34. The summed E-state index contributed by atoms with van der Waals surface area (Å²) in [5, 5.41) is 14.9. The molecule has 0 radical (unpaired) electrons. The molecule has 2 aliphatic rings. The first-order valence-corrected chi connectivity index (χ1v) is 13.1. The second-order valence-corrected chi connectivity index (χ2v) is 11.7. The molecule has 3 aromatic rings. The standard InChI is InChI=1S/C28H30BrN3O6/c1-27(2,3)32-24(33)20-21(25(32)34)28(26(35)36,12-15-13-30-18-9-7-6-8-16(15)18)31-22(20)14-10-17(29)23(38-5)19(11-14)37-4/h6-11,13,20-22,30-31H,12H2,1-5H3,(H,35,36). The highest BCUT2D eigenvalue weighted by atomic mass is 79.9. The molecule has 2 aromatic carbocycles. The number of methoxy groups -OCH3 is 2. The molecule has 0 spiro atoms. The number of nitrogens with one attached hydrogen (secondary N) is 2. The van der Waals surface area contributed by atoms with Crippen LogP contribution >= 0.6 is 15.9 Å². The van der Waals surface area contributed by atoms with Crippen LogP contribution in [-0.4, -0.2) is 58.1 Å². The summed E-state index contributed by atoms with van der Waals surface area (Å²) in [5.41, 5.74) is -0.316. The fourth-order valence-corrected chi connectivity index (χ4v) is 6.70. The van der Waals surface area contributed by atoms with E-state index in [1.807, 2.05) is 24.3 Å². The maximum absolute atomic E-state index is 14.0. The van der Waals surface area contributed by atoms with Crippen LogP contribution in [0.2, 0.25) is 0 Å². The molecule has 9 nitrogen and oxygen atoms in total. The maximum Gasteiger partial charge on any atom is 0.325 e. The van der Waals surface area contributed by atoms with Crippen LogP contribution in [0, 0.1) is 11.8 Å². The van der Waals surface area contributed by atoms with Crippen LogP contribution in [0.5, 0.6) is 11.5 Å². The number of carboxylic acids is 1. The van der Waals surface area contributed by atoms with E-state index in [1.54, 1.807) is 39.1 Å². The summed E-state index contributed by atoms with van der Waals surface area (Å²) in [4.78, 5) is 45.5. The van der Waals surface area contributed by atoms with Gasteiger partial charge in [-0.05, 0) is 66.0 Å². The number of H-pyrrole nitrogens is 1. The minimum Gasteiger partial charge on any atom is -0.493 e. The minimum atomic E-state index is -1.73. The molecular formula is C28H30BrN3O6. The third kappa shape index (κ3) is 3.80. The summed E-state index contributed by atoms with van der Waals surface area (Å²) in [6, 6.07) is 10.3. The average molecular weight is 584 g/mol. The Morgan fingerprint density at radius 2 is 1.84 bits per heavy atom. The van der Waals surface area contributed by atoms with Gasteiger partial charge < -0.3 is 19.6 Å². The van der Waals surface area contributed by atoms with Crippen molar-refractivity contribution in [3.8, 4) is 11.5 Å². The van der Waals surface area contributed by atoms with Gasteiger partial charge in [0.1, 0.15) is 5.54 Å². The average Bonchev–Trinajstić information content (AvgIpc) is 3.50. The lowest BCUT2D eigenvalue weighted by Crippen LogP contribution is -2.58. The number of ether oxygens (including phenoxy) is 2. The van der Waals surface area contributed by atoms with Gasteiger partial charge in [0, 0.05) is 35.1 Å². The smallest absolute Gasteiger partial charge is 0.325 e. The quantitative estimate of drug-likeness (QED) is 0.374. The van der Waals surface area contributed by atoms with E-state index < -0.39 is 46.7 Å². The van der Waals surface area contributed by atoms with Crippen molar-refractivity contribution in [3.05, 3.63) is 58.2 Å². The number of aromatic amines is 1. The highest BCUT2D eigenvalue weighted by Crippen LogP contribution is 2.53. The van der Waals surface area contributed by atoms with Gasteiger partial charge in [-0.25, -0.2) is 0 Å². The van der Waals surface area contributed by atoms with E-state index in [2.05, 4.69) is 26.2 Å². The number of imide groups is 1. The zero-order valence-corrected chi connectivity index (χ0v) is 23.4. The topological polar surface area (TPSA) is 121 Å². The number of rotatable bonds is 6. The number of benzene rings is 2. The van der Waals surface area contributed by atoms with E-state index in [4.69, 9.17) is 9.47 Å². The van der Waals surface area contributed by atoms with Gasteiger partial charge in [-0.2, -0.15) is 0 Å². The van der Waals surface area contributed by atoms with Gasteiger partial charge in [-0.1, -0.05) is 18.2 Å². The monoisotopic (exact) mass is 583 g/mol. The number of amides is 2. The van der Waals surface area contributed by atoms with Gasteiger partial charge in [0.15, 0.2) is 11.5 Å². The van der Waals surface area contributed by atoms with Crippen molar-refractivity contribution in [1.82, 2.24) is 15.2 Å². The fraction of sp³-hybridized carbons (Fsp3) is 0.393. The SMILES string of the molecule is COc1cc(C2NC(Cc3c[nH]c4ccccc34)(C(=O)O)C3C(=O)N(C(C)(C)C)C(=O)C23)cc(Br)c1OC. The molecule has 3 heterocycles. The van der Waals surface area contributed by atoms with Gasteiger partial charge in [0.25, 0.3) is 0 Å². The lowest BCUT2D eigenvalue weighted by Gasteiger charge is -2.35. The lowest BCUT2D eigenvalue weighted by atomic mass is 9.76. The number of halogens is 1. The van der Waals surface area contributed by atoms with Crippen molar-refractivity contribution in [2.75, 3.05) is 14.2 Å². The Hall–Kier alpha value is -3.37. The Balaban J connectivity index is 1.70. The molecule has 0 bridgehead atoms. The Labute approximate surface area is 228 Å². The predicted octanol–water partition coefficient (Wildman–Crippen LogP) is 4.06. The summed E-state index contributed by atoms with van der Waals surface area (Å²) in [6.07, 6.45) is 1.78. The van der Waals surface area contributed by atoms with Crippen molar-refractivity contribution >= 4 is 44.6 Å². The van der Waals surface area contributed by atoms with E-state index >= 15 is 0 Å². The second kappa shape index (κ2) is 9.13. The number of aromatic nitrogens is 1. The highest BCUT2D eigenvalue weighted by Gasteiger charge is 2.69. The summed E-state index contributed by atoms with van der Waals surface area (Å²) < 4.78 is 11.5. The van der Waals surface area contributed by atoms with Crippen molar-refractivity contribution in [2.45, 2.75) is 44.3 Å². The molecule has 2 aliphatic heterocycles. The van der Waals surface area contributed by atoms with Crippen LogP contribution in [0.25, 0.3) is 10.9 Å². The van der Waals surface area contributed by atoms with E-state index in [0.717, 1.165) is 16.5 Å². The molecule has 3 N–H and O–H groups in total. The molecule has 5 rings (SSSR count). The van der Waals surface area contributed by atoms with Crippen LogP contribution in [-0.2, 0) is 20.8 Å². The molecule has 2 saturated heterocycles. The van der Waals surface area contributed by atoms with Crippen LogP contribution in [0.15, 0.2) is 47.1 Å². The fourth-order valence-electron chi connectivity index (χ4n) is 6.08.